The Morgan fingerprint density at radius 1 is 0.472 bits per heavy atom. The van der Waals surface area contributed by atoms with Gasteiger partial charge in [-0.3, -0.25) is 0 Å². The molecule has 0 amide bonds. The first-order chi connectivity index (χ1) is 17.8. The van der Waals surface area contributed by atoms with Crippen molar-refractivity contribution in [1.29, 1.82) is 0 Å². The molecule has 36 heavy (non-hydrogen) atoms. The molecule has 1 nitrogen and oxygen atoms in total. The highest BCUT2D eigenvalue weighted by atomic mass is 16.5. The second-order valence-corrected chi connectivity index (χ2v) is 10.9. The Kier molecular flexibility index (Phi) is 17.2. The Morgan fingerprint density at radius 3 is 1.61 bits per heavy atom. The highest BCUT2D eigenvalue weighted by Gasteiger charge is 2.07. The van der Waals surface area contributed by atoms with Crippen LogP contribution >= 0.6 is 0 Å². The lowest BCUT2D eigenvalue weighted by Crippen LogP contribution is -2.02. The van der Waals surface area contributed by atoms with Crippen LogP contribution in [0.1, 0.15) is 146 Å². The van der Waals surface area contributed by atoms with Gasteiger partial charge in [-0.05, 0) is 66.8 Å². The maximum Gasteiger partial charge on any atom is 0.122 e. The smallest absolute Gasteiger partial charge is 0.122 e. The van der Waals surface area contributed by atoms with Crippen LogP contribution < -0.4 is 4.74 Å². The van der Waals surface area contributed by atoms with Crippen LogP contribution in [-0.4, -0.2) is 6.61 Å². The molecule has 0 N–H and O–H groups in total. The standard InChI is InChI=1S/C35H56O/c1-4-7-10-12-13-14-15-16-17-18-20-31-22-24-32(25-23-31)29-33-26-27-34(21-19-11-8-5-2)35(30-33)36-28-9-6-3/h22-27,30H,4-21,28-29H2,1-3H3. The van der Waals surface area contributed by atoms with Gasteiger partial charge >= 0.3 is 0 Å². The molecule has 202 valence electrons. The van der Waals surface area contributed by atoms with E-state index in [9.17, 15) is 0 Å². The lowest BCUT2D eigenvalue weighted by atomic mass is 9.98. The van der Waals surface area contributed by atoms with Gasteiger partial charge in [-0.2, -0.15) is 0 Å². The molecular weight excluding hydrogens is 436 g/mol. The van der Waals surface area contributed by atoms with Crippen molar-refractivity contribution >= 4 is 0 Å². The maximum absolute atomic E-state index is 6.23. The molecule has 0 atom stereocenters. The monoisotopic (exact) mass is 492 g/mol. The van der Waals surface area contributed by atoms with Gasteiger partial charge in [-0.15, -0.1) is 0 Å². The molecule has 0 saturated carbocycles. The number of hydrogen-bond donors (Lipinski definition) is 0. The molecule has 0 aliphatic rings. The summed E-state index contributed by atoms with van der Waals surface area (Å²) in [7, 11) is 0. The van der Waals surface area contributed by atoms with Crippen molar-refractivity contribution in [3.63, 3.8) is 0 Å². The van der Waals surface area contributed by atoms with Crippen LogP contribution in [0.2, 0.25) is 0 Å². The van der Waals surface area contributed by atoms with E-state index < -0.39 is 0 Å². The van der Waals surface area contributed by atoms with Gasteiger partial charge in [0.05, 0.1) is 6.61 Å². The Balaban J connectivity index is 1.76. The zero-order valence-electron chi connectivity index (χ0n) is 24.1. The van der Waals surface area contributed by atoms with Crippen LogP contribution in [0.3, 0.4) is 0 Å². The van der Waals surface area contributed by atoms with Gasteiger partial charge < -0.3 is 4.74 Å². The fourth-order valence-corrected chi connectivity index (χ4v) is 4.99. The molecule has 1 heteroatoms. The molecule has 2 aromatic rings. The van der Waals surface area contributed by atoms with Crippen LogP contribution in [-0.2, 0) is 19.3 Å². The summed E-state index contributed by atoms with van der Waals surface area (Å²) >= 11 is 0. The van der Waals surface area contributed by atoms with Gasteiger partial charge in [0.25, 0.3) is 0 Å². The van der Waals surface area contributed by atoms with E-state index in [1.807, 2.05) is 0 Å². The van der Waals surface area contributed by atoms with Crippen molar-refractivity contribution in [1.82, 2.24) is 0 Å². The SMILES string of the molecule is CCCCCCCCCCCCc1ccc(Cc2ccc(CCCCCC)c(OCCCC)c2)cc1. The summed E-state index contributed by atoms with van der Waals surface area (Å²) in [4.78, 5) is 0. The van der Waals surface area contributed by atoms with Crippen molar-refractivity contribution in [2.24, 2.45) is 0 Å². The molecule has 0 unspecified atom stereocenters. The largest absolute Gasteiger partial charge is 0.493 e. The van der Waals surface area contributed by atoms with E-state index in [0.717, 1.165) is 31.6 Å². The van der Waals surface area contributed by atoms with Crippen LogP contribution in [0.4, 0.5) is 0 Å². The van der Waals surface area contributed by atoms with Gasteiger partial charge in [0.1, 0.15) is 5.75 Å². The number of unbranched alkanes of at least 4 members (excludes halogenated alkanes) is 13. The van der Waals surface area contributed by atoms with Crippen molar-refractivity contribution in [3.05, 3.63) is 64.7 Å². The fraction of sp³-hybridized carbons (Fsp3) is 0.657. The minimum absolute atomic E-state index is 0.829. The zero-order valence-corrected chi connectivity index (χ0v) is 24.1. The quantitative estimate of drug-likeness (QED) is 0.148. The van der Waals surface area contributed by atoms with E-state index >= 15 is 0 Å². The first kappa shape index (κ1) is 30.5. The predicted octanol–water partition coefficient (Wildman–Crippen LogP) is 11.0. The Labute approximate surface area is 224 Å². The van der Waals surface area contributed by atoms with Crippen molar-refractivity contribution in [2.75, 3.05) is 6.61 Å². The highest BCUT2D eigenvalue weighted by molar-refractivity contribution is 5.40. The van der Waals surface area contributed by atoms with Crippen molar-refractivity contribution in [2.45, 2.75) is 143 Å². The first-order valence-electron chi connectivity index (χ1n) is 15.6. The molecule has 0 heterocycles. The molecule has 0 fully saturated rings. The van der Waals surface area contributed by atoms with E-state index in [1.54, 1.807) is 0 Å². The summed E-state index contributed by atoms with van der Waals surface area (Å²) in [6.07, 6.45) is 24.9. The highest BCUT2D eigenvalue weighted by Crippen LogP contribution is 2.25. The van der Waals surface area contributed by atoms with Crippen LogP contribution in [0.25, 0.3) is 0 Å². The Morgan fingerprint density at radius 2 is 0.972 bits per heavy atom. The summed E-state index contributed by atoms with van der Waals surface area (Å²) < 4.78 is 6.23. The molecule has 0 aromatic heterocycles. The molecule has 0 spiro atoms. The summed E-state index contributed by atoms with van der Waals surface area (Å²) in [5.41, 5.74) is 5.64. The summed E-state index contributed by atoms with van der Waals surface area (Å²) in [6, 6.07) is 16.3. The van der Waals surface area contributed by atoms with Crippen molar-refractivity contribution < 1.29 is 4.74 Å². The number of benzene rings is 2. The van der Waals surface area contributed by atoms with Crippen LogP contribution in [0.15, 0.2) is 42.5 Å². The minimum Gasteiger partial charge on any atom is -0.493 e. The van der Waals surface area contributed by atoms with Gasteiger partial charge in [0.2, 0.25) is 0 Å². The molecule has 0 aliphatic carbocycles. The normalized spacial score (nSPS) is 11.2. The van der Waals surface area contributed by atoms with Crippen molar-refractivity contribution in [3.8, 4) is 5.75 Å². The van der Waals surface area contributed by atoms with E-state index in [1.165, 1.54) is 125 Å². The number of rotatable bonds is 22. The van der Waals surface area contributed by atoms with E-state index in [0.29, 0.717) is 0 Å². The average molecular weight is 493 g/mol. The van der Waals surface area contributed by atoms with Crippen LogP contribution in [0, 0.1) is 0 Å². The Hall–Kier alpha value is -1.76. The maximum atomic E-state index is 6.23. The van der Waals surface area contributed by atoms with Gasteiger partial charge in [0, 0.05) is 0 Å². The molecule has 0 aliphatic heterocycles. The predicted molar refractivity (Wildman–Crippen MR) is 159 cm³/mol. The Bertz CT molecular complexity index is 776. The third-order valence-corrected chi connectivity index (χ3v) is 7.44. The fourth-order valence-electron chi connectivity index (χ4n) is 4.99. The van der Waals surface area contributed by atoms with E-state index in [2.05, 4.69) is 63.2 Å². The van der Waals surface area contributed by atoms with Gasteiger partial charge in [-0.25, -0.2) is 0 Å². The second kappa shape index (κ2) is 20.3. The summed E-state index contributed by atoms with van der Waals surface area (Å²) in [5, 5.41) is 0. The number of ether oxygens (including phenoxy) is 1. The molecule has 2 aromatic carbocycles. The molecular formula is C35H56O. The lowest BCUT2D eigenvalue weighted by Gasteiger charge is -2.14. The molecule has 0 radical (unpaired) electrons. The third kappa shape index (κ3) is 13.5. The minimum atomic E-state index is 0.829. The van der Waals surface area contributed by atoms with Gasteiger partial charge in [-0.1, -0.05) is 141 Å². The number of hydrogen-bond acceptors (Lipinski definition) is 1. The molecule has 2 rings (SSSR count). The molecule has 0 saturated heterocycles. The average Bonchev–Trinajstić information content (AvgIpc) is 2.90. The molecule has 0 bridgehead atoms. The van der Waals surface area contributed by atoms with Gasteiger partial charge in [0.15, 0.2) is 0 Å². The lowest BCUT2D eigenvalue weighted by molar-refractivity contribution is 0.305. The summed E-state index contributed by atoms with van der Waals surface area (Å²) in [6.45, 7) is 7.63. The third-order valence-electron chi connectivity index (χ3n) is 7.44. The van der Waals surface area contributed by atoms with E-state index in [4.69, 9.17) is 4.74 Å². The second-order valence-electron chi connectivity index (χ2n) is 10.9. The summed E-state index contributed by atoms with van der Waals surface area (Å²) in [5.74, 6) is 1.12. The number of aryl methyl sites for hydroxylation is 2. The van der Waals surface area contributed by atoms with E-state index in [-0.39, 0.29) is 0 Å². The first-order valence-corrected chi connectivity index (χ1v) is 15.6. The topological polar surface area (TPSA) is 9.23 Å². The van der Waals surface area contributed by atoms with Crippen LogP contribution in [0.5, 0.6) is 5.75 Å². The zero-order chi connectivity index (χ0) is 25.7.